The fourth-order valence-electron chi connectivity index (χ4n) is 2.30. The van der Waals surface area contributed by atoms with Crippen molar-refractivity contribution in [2.75, 3.05) is 19.8 Å². The van der Waals surface area contributed by atoms with Crippen molar-refractivity contribution in [2.24, 2.45) is 0 Å². The fourth-order valence-corrected chi connectivity index (χ4v) is 2.52. The highest BCUT2D eigenvalue weighted by Crippen LogP contribution is 2.21. The molecule has 0 aliphatic carbocycles. The van der Waals surface area contributed by atoms with E-state index in [1.807, 2.05) is 18.2 Å². The lowest BCUT2D eigenvalue weighted by molar-refractivity contribution is 0.0770. The van der Waals surface area contributed by atoms with Crippen LogP contribution in [0.4, 0.5) is 0 Å². The van der Waals surface area contributed by atoms with Gasteiger partial charge in [-0.15, -0.1) is 0 Å². The Balaban J connectivity index is 1.88. The SMILES string of the molecule is Clc1nc2ccccc2cc1CC1COCCN1. The second-order valence-corrected chi connectivity index (χ2v) is 4.92. The molecule has 1 aliphatic rings. The van der Waals surface area contributed by atoms with E-state index in [-0.39, 0.29) is 0 Å². The van der Waals surface area contributed by atoms with Crippen molar-refractivity contribution in [2.45, 2.75) is 12.5 Å². The maximum atomic E-state index is 6.24. The van der Waals surface area contributed by atoms with Gasteiger partial charge in [-0.1, -0.05) is 29.8 Å². The number of aromatic nitrogens is 1. The van der Waals surface area contributed by atoms with Crippen molar-refractivity contribution < 1.29 is 4.74 Å². The Labute approximate surface area is 111 Å². The van der Waals surface area contributed by atoms with E-state index in [2.05, 4.69) is 22.4 Å². The highest BCUT2D eigenvalue weighted by Gasteiger charge is 2.15. The number of halogens is 1. The number of para-hydroxylation sites is 1. The topological polar surface area (TPSA) is 34.1 Å². The highest BCUT2D eigenvalue weighted by atomic mass is 35.5. The largest absolute Gasteiger partial charge is 0.379 e. The normalized spacial score (nSPS) is 20.2. The van der Waals surface area contributed by atoms with Crippen molar-refractivity contribution in [3.8, 4) is 0 Å². The van der Waals surface area contributed by atoms with Gasteiger partial charge in [-0.3, -0.25) is 0 Å². The minimum Gasteiger partial charge on any atom is -0.379 e. The molecule has 4 heteroatoms. The average molecular weight is 263 g/mol. The Kier molecular flexibility index (Phi) is 3.46. The molecule has 1 atom stereocenters. The second kappa shape index (κ2) is 5.22. The number of nitrogens with zero attached hydrogens (tertiary/aromatic N) is 1. The zero-order valence-corrected chi connectivity index (χ0v) is 10.8. The molecule has 3 rings (SSSR count). The zero-order chi connectivity index (χ0) is 12.4. The first-order valence-electron chi connectivity index (χ1n) is 6.18. The molecule has 0 saturated carbocycles. The number of hydrogen-bond acceptors (Lipinski definition) is 3. The van der Waals surface area contributed by atoms with Gasteiger partial charge in [0.25, 0.3) is 0 Å². The molecule has 2 aromatic rings. The summed E-state index contributed by atoms with van der Waals surface area (Å²) in [5.41, 5.74) is 2.03. The number of pyridine rings is 1. The molecule has 1 fully saturated rings. The van der Waals surface area contributed by atoms with E-state index in [4.69, 9.17) is 16.3 Å². The van der Waals surface area contributed by atoms with Crippen molar-refractivity contribution in [1.82, 2.24) is 10.3 Å². The quantitative estimate of drug-likeness (QED) is 0.844. The summed E-state index contributed by atoms with van der Waals surface area (Å²) in [5.74, 6) is 0. The number of rotatable bonds is 2. The van der Waals surface area contributed by atoms with Crippen LogP contribution < -0.4 is 5.32 Å². The van der Waals surface area contributed by atoms with Crippen LogP contribution in [0.2, 0.25) is 5.15 Å². The molecule has 1 saturated heterocycles. The summed E-state index contributed by atoms with van der Waals surface area (Å²) in [5, 5.41) is 5.16. The molecule has 3 nitrogen and oxygen atoms in total. The Bertz CT molecular complexity index is 552. The molecule has 0 spiro atoms. The summed E-state index contributed by atoms with van der Waals surface area (Å²) in [6, 6.07) is 10.5. The molecule has 1 N–H and O–H groups in total. The van der Waals surface area contributed by atoms with Crippen LogP contribution in [-0.4, -0.2) is 30.8 Å². The van der Waals surface area contributed by atoms with Gasteiger partial charge in [0.2, 0.25) is 0 Å². The van der Waals surface area contributed by atoms with Gasteiger partial charge in [0.1, 0.15) is 5.15 Å². The molecule has 94 valence electrons. The Hall–Kier alpha value is -1.16. The monoisotopic (exact) mass is 262 g/mol. The first-order chi connectivity index (χ1) is 8.83. The van der Waals surface area contributed by atoms with Gasteiger partial charge in [-0.2, -0.15) is 0 Å². The predicted molar refractivity (Wildman–Crippen MR) is 73.1 cm³/mol. The van der Waals surface area contributed by atoms with E-state index in [0.29, 0.717) is 11.2 Å². The van der Waals surface area contributed by atoms with E-state index in [1.54, 1.807) is 0 Å². The molecule has 1 unspecified atom stereocenters. The summed E-state index contributed by atoms with van der Waals surface area (Å²) in [6.07, 6.45) is 0.858. The van der Waals surface area contributed by atoms with Gasteiger partial charge in [0.05, 0.1) is 18.7 Å². The molecule has 2 heterocycles. The molecule has 1 aromatic carbocycles. The Morgan fingerprint density at radius 3 is 3.11 bits per heavy atom. The molecule has 1 aliphatic heterocycles. The molecule has 1 aromatic heterocycles. The Morgan fingerprint density at radius 2 is 2.28 bits per heavy atom. The van der Waals surface area contributed by atoms with Crippen LogP contribution >= 0.6 is 11.6 Å². The summed E-state index contributed by atoms with van der Waals surface area (Å²) in [6.45, 7) is 2.44. The number of ether oxygens (including phenoxy) is 1. The fraction of sp³-hybridized carbons (Fsp3) is 0.357. The second-order valence-electron chi connectivity index (χ2n) is 4.56. The molecule has 0 radical (unpaired) electrons. The van der Waals surface area contributed by atoms with Gasteiger partial charge >= 0.3 is 0 Å². The standard InChI is InChI=1S/C14H15ClN2O/c15-14-11(8-12-9-18-6-5-16-12)7-10-3-1-2-4-13(10)17-14/h1-4,7,12,16H,5-6,8-9H2. The van der Waals surface area contributed by atoms with Gasteiger partial charge in [0, 0.05) is 18.0 Å². The van der Waals surface area contributed by atoms with Crippen LogP contribution in [0.5, 0.6) is 0 Å². The van der Waals surface area contributed by atoms with Crippen molar-refractivity contribution >= 4 is 22.5 Å². The third-order valence-electron chi connectivity index (χ3n) is 3.21. The Morgan fingerprint density at radius 1 is 1.39 bits per heavy atom. The van der Waals surface area contributed by atoms with Crippen molar-refractivity contribution in [1.29, 1.82) is 0 Å². The van der Waals surface area contributed by atoms with Crippen molar-refractivity contribution in [3.63, 3.8) is 0 Å². The van der Waals surface area contributed by atoms with Crippen LogP contribution in [-0.2, 0) is 11.2 Å². The minimum absolute atomic E-state index is 0.333. The van der Waals surface area contributed by atoms with E-state index in [0.717, 1.165) is 42.6 Å². The van der Waals surface area contributed by atoms with Crippen LogP contribution in [0.1, 0.15) is 5.56 Å². The molecule has 0 bridgehead atoms. The summed E-state index contributed by atoms with van der Waals surface area (Å²) in [4.78, 5) is 4.44. The lowest BCUT2D eigenvalue weighted by Gasteiger charge is -2.24. The van der Waals surface area contributed by atoms with E-state index in [1.165, 1.54) is 0 Å². The predicted octanol–water partition coefficient (Wildman–Crippen LogP) is 2.42. The number of benzene rings is 1. The average Bonchev–Trinajstić information content (AvgIpc) is 2.41. The summed E-state index contributed by atoms with van der Waals surface area (Å²) < 4.78 is 5.46. The third-order valence-corrected chi connectivity index (χ3v) is 3.54. The number of morpholine rings is 1. The first-order valence-corrected chi connectivity index (χ1v) is 6.56. The lowest BCUT2D eigenvalue weighted by atomic mass is 10.1. The zero-order valence-electron chi connectivity index (χ0n) is 10.0. The van der Waals surface area contributed by atoms with Gasteiger partial charge < -0.3 is 10.1 Å². The maximum Gasteiger partial charge on any atom is 0.133 e. The minimum atomic E-state index is 0.333. The molecule has 18 heavy (non-hydrogen) atoms. The highest BCUT2D eigenvalue weighted by molar-refractivity contribution is 6.30. The molecular formula is C14H15ClN2O. The van der Waals surface area contributed by atoms with Crippen LogP contribution in [0, 0.1) is 0 Å². The summed E-state index contributed by atoms with van der Waals surface area (Å²) >= 11 is 6.24. The van der Waals surface area contributed by atoms with E-state index in [9.17, 15) is 0 Å². The van der Waals surface area contributed by atoms with Gasteiger partial charge in [-0.25, -0.2) is 4.98 Å². The van der Waals surface area contributed by atoms with Crippen LogP contribution in [0.3, 0.4) is 0 Å². The first kappa shape index (κ1) is 11.9. The number of hydrogen-bond donors (Lipinski definition) is 1. The number of fused-ring (bicyclic) bond motifs is 1. The molecular weight excluding hydrogens is 248 g/mol. The summed E-state index contributed by atoms with van der Waals surface area (Å²) in [7, 11) is 0. The van der Waals surface area contributed by atoms with Gasteiger partial charge in [-0.05, 0) is 24.1 Å². The smallest absolute Gasteiger partial charge is 0.133 e. The van der Waals surface area contributed by atoms with Crippen LogP contribution in [0.15, 0.2) is 30.3 Å². The third kappa shape index (κ3) is 2.48. The maximum absolute atomic E-state index is 6.24. The van der Waals surface area contributed by atoms with Crippen LogP contribution in [0.25, 0.3) is 10.9 Å². The van der Waals surface area contributed by atoms with Crippen molar-refractivity contribution in [3.05, 3.63) is 41.0 Å². The number of nitrogens with one attached hydrogen (secondary N) is 1. The molecule has 0 amide bonds. The van der Waals surface area contributed by atoms with E-state index >= 15 is 0 Å². The van der Waals surface area contributed by atoms with E-state index < -0.39 is 0 Å². The lowest BCUT2D eigenvalue weighted by Crippen LogP contribution is -2.42. The van der Waals surface area contributed by atoms with Gasteiger partial charge in [0.15, 0.2) is 0 Å².